The normalized spacial score (nSPS) is 14.7. The molecule has 1 N–H and O–H groups in total. The van der Waals surface area contributed by atoms with E-state index in [0.717, 1.165) is 5.69 Å². The van der Waals surface area contributed by atoms with Crippen molar-refractivity contribution in [3.63, 3.8) is 0 Å². The van der Waals surface area contributed by atoms with Crippen molar-refractivity contribution in [3.05, 3.63) is 65.5 Å². The molecule has 0 bridgehead atoms. The number of carbonyl (C=O) groups is 2. The van der Waals surface area contributed by atoms with Crippen LogP contribution >= 0.6 is 0 Å². The van der Waals surface area contributed by atoms with E-state index < -0.39 is 0 Å². The van der Waals surface area contributed by atoms with Gasteiger partial charge in [0.05, 0.1) is 0 Å². The number of likely N-dealkylation sites (tertiary alicyclic amines) is 1. The standard InChI is InChI=1S/C21H24FN3O2/c1-24(2)19-5-3-4-16(14-19)21(27)25-12-10-18(11-13-25)23-20(26)15-6-8-17(22)9-7-15/h3-9,14,18H,10-13H2,1-2H3,(H,23,26). The van der Waals surface area contributed by atoms with Crippen LogP contribution in [-0.2, 0) is 0 Å². The number of hydrogen-bond acceptors (Lipinski definition) is 3. The molecular formula is C21H24FN3O2. The van der Waals surface area contributed by atoms with Crippen LogP contribution in [0, 0.1) is 5.82 Å². The zero-order valence-corrected chi connectivity index (χ0v) is 15.6. The van der Waals surface area contributed by atoms with Crippen LogP contribution in [0.25, 0.3) is 0 Å². The number of carbonyl (C=O) groups excluding carboxylic acids is 2. The van der Waals surface area contributed by atoms with Gasteiger partial charge in [0.2, 0.25) is 0 Å². The van der Waals surface area contributed by atoms with Crippen LogP contribution in [0.5, 0.6) is 0 Å². The number of hydrogen-bond donors (Lipinski definition) is 1. The fourth-order valence-electron chi connectivity index (χ4n) is 3.20. The van der Waals surface area contributed by atoms with Gasteiger partial charge in [-0.1, -0.05) is 6.07 Å². The highest BCUT2D eigenvalue weighted by atomic mass is 19.1. The largest absolute Gasteiger partial charge is 0.378 e. The molecule has 0 aliphatic carbocycles. The Hall–Kier alpha value is -2.89. The highest BCUT2D eigenvalue weighted by molar-refractivity contribution is 5.95. The molecule has 142 valence electrons. The minimum Gasteiger partial charge on any atom is -0.378 e. The Morgan fingerprint density at radius 2 is 1.70 bits per heavy atom. The van der Waals surface area contributed by atoms with E-state index in [1.54, 1.807) is 0 Å². The Morgan fingerprint density at radius 1 is 1.04 bits per heavy atom. The van der Waals surface area contributed by atoms with Crippen LogP contribution in [0.15, 0.2) is 48.5 Å². The van der Waals surface area contributed by atoms with E-state index in [4.69, 9.17) is 0 Å². The molecule has 2 aromatic carbocycles. The molecule has 0 radical (unpaired) electrons. The summed E-state index contributed by atoms with van der Waals surface area (Å²) >= 11 is 0. The van der Waals surface area contributed by atoms with Crippen LogP contribution in [0.2, 0.25) is 0 Å². The second-order valence-electron chi connectivity index (χ2n) is 6.99. The van der Waals surface area contributed by atoms with Gasteiger partial charge >= 0.3 is 0 Å². The maximum absolute atomic E-state index is 13.0. The summed E-state index contributed by atoms with van der Waals surface area (Å²) in [6.07, 6.45) is 1.40. The molecule has 0 aromatic heterocycles. The molecule has 1 saturated heterocycles. The lowest BCUT2D eigenvalue weighted by molar-refractivity contribution is 0.0698. The summed E-state index contributed by atoms with van der Waals surface area (Å²) < 4.78 is 13.0. The molecule has 0 saturated carbocycles. The van der Waals surface area contributed by atoms with E-state index in [0.29, 0.717) is 37.1 Å². The van der Waals surface area contributed by atoms with Gasteiger partial charge in [0, 0.05) is 50.0 Å². The number of anilines is 1. The lowest BCUT2D eigenvalue weighted by Gasteiger charge is -2.32. The number of nitrogens with zero attached hydrogens (tertiary/aromatic N) is 2. The van der Waals surface area contributed by atoms with Crippen LogP contribution in [0.4, 0.5) is 10.1 Å². The Bertz CT molecular complexity index is 812. The van der Waals surface area contributed by atoms with Crippen molar-refractivity contribution in [2.45, 2.75) is 18.9 Å². The first-order chi connectivity index (χ1) is 12.9. The van der Waals surface area contributed by atoms with Gasteiger partial charge in [-0.05, 0) is 55.3 Å². The van der Waals surface area contributed by atoms with Crippen LogP contribution < -0.4 is 10.2 Å². The van der Waals surface area contributed by atoms with Crippen molar-refractivity contribution in [1.29, 1.82) is 0 Å². The van der Waals surface area contributed by atoms with Crippen LogP contribution in [0.3, 0.4) is 0 Å². The third-order valence-electron chi connectivity index (χ3n) is 4.83. The van der Waals surface area contributed by atoms with Gasteiger partial charge in [0.1, 0.15) is 5.82 Å². The summed E-state index contributed by atoms with van der Waals surface area (Å²) in [6, 6.07) is 13.1. The third kappa shape index (κ3) is 4.64. The van der Waals surface area contributed by atoms with E-state index in [2.05, 4.69) is 5.32 Å². The van der Waals surface area contributed by atoms with E-state index in [1.165, 1.54) is 24.3 Å². The van der Waals surface area contributed by atoms with Gasteiger partial charge in [0.15, 0.2) is 0 Å². The highest BCUT2D eigenvalue weighted by Gasteiger charge is 2.25. The molecule has 3 rings (SSSR count). The molecule has 1 fully saturated rings. The molecule has 27 heavy (non-hydrogen) atoms. The van der Waals surface area contributed by atoms with Gasteiger partial charge in [-0.15, -0.1) is 0 Å². The minimum absolute atomic E-state index is 0.0136. The van der Waals surface area contributed by atoms with Gasteiger partial charge in [-0.25, -0.2) is 4.39 Å². The first kappa shape index (κ1) is 18.9. The maximum Gasteiger partial charge on any atom is 0.253 e. The Kier molecular flexibility index (Phi) is 5.74. The molecule has 1 aliphatic heterocycles. The van der Waals surface area contributed by atoms with Crippen LogP contribution in [0.1, 0.15) is 33.6 Å². The number of rotatable bonds is 4. The van der Waals surface area contributed by atoms with Gasteiger partial charge in [0.25, 0.3) is 11.8 Å². The lowest BCUT2D eigenvalue weighted by atomic mass is 10.0. The predicted molar refractivity (Wildman–Crippen MR) is 104 cm³/mol. The topological polar surface area (TPSA) is 52.7 Å². The number of amides is 2. The minimum atomic E-state index is -0.364. The average Bonchev–Trinajstić information content (AvgIpc) is 2.68. The van der Waals surface area contributed by atoms with E-state index in [9.17, 15) is 14.0 Å². The molecule has 2 aromatic rings. The molecule has 0 unspecified atom stereocenters. The summed E-state index contributed by atoms with van der Waals surface area (Å²) in [6.45, 7) is 1.19. The zero-order chi connectivity index (χ0) is 19.4. The predicted octanol–water partition coefficient (Wildman–Crippen LogP) is 2.93. The molecular weight excluding hydrogens is 345 g/mol. The molecule has 1 heterocycles. The zero-order valence-electron chi connectivity index (χ0n) is 15.6. The molecule has 5 nitrogen and oxygen atoms in total. The Morgan fingerprint density at radius 3 is 2.33 bits per heavy atom. The summed E-state index contributed by atoms with van der Waals surface area (Å²) in [5.41, 5.74) is 2.10. The van der Waals surface area contributed by atoms with Crippen LogP contribution in [-0.4, -0.2) is 49.9 Å². The number of benzene rings is 2. The van der Waals surface area contributed by atoms with E-state index >= 15 is 0 Å². The molecule has 6 heteroatoms. The molecule has 2 amide bonds. The summed E-state index contributed by atoms with van der Waals surface area (Å²) in [4.78, 5) is 28.8. The van der Waals surface area contributed by atoms with Crippen molar-refractivity contribution in [2.75, 3.05) is 32.1 Å². The number of piperidine rings is 1. The monoisotopic (exact) mass is 369 g/mol. The van der Waals surface area contributed by atoms with Gasteiger partial charge in [-0.2, -0.15) is 0 Å². The summed E-state index contributed by atoms with van der Waals surface area (Å²) in [7, 11) is 3.89. The second kappa shape index (κ2) is 8.20. The quantitative estimate of drug-likeness (QED) is 0.902. The van der Waals surface area contributed by atoms with Gasteiger partial charge < -0.3 is 15.1 Å². The van der Waals surface area contributed by atoms with E-state index in [1.807, 2.05) is 48.2 Å². The molecule has 1 aliphatic rings. The maximum atomic E-state index is 13.0. The van der Waals surface area contributed by atoms with Crippen molar-refractivity contribution in [2.24, 2.45) is 0 Å². The van der Waals surface area contributed by atoms with Crippen molar-refractivity contribution >= 4 is 17.5 Å². The molecule has 0 atom stereocenters. The average molecular weight is 369 g/mol. The van der Waals surface area contributed by atoms with Crippen molar-refractivity contribution in [3.8, 4) is 0 Å². The summed E-state index contributed by atoms with van der Waals surface area (Å²) in [5.74, 6) is -0.558. The van der Waals surface area contributed by atoms with Crippen molar-refractivity contribution in [1.82, 2.24) is 10.2 Å². The smallest absolute Gasteiger partial charge is 0.253 e. The second-order valence-corrected chi connectivity index (χ2v) is 6.99. The molecule has 0 spiro atoms. The number of halogens is 1. The summed E-state index contributed by atoms with van der Waals surface area (Å²) in [5, 5.41) is 2.97. The van der Waals surface area contributed by atoms with Crippen molar-refractivity contribution < 1.29 is 14.0 Å². The Labute approximate surface area is 158 Å². The van der Waals surface area contributed by atoms with Gasteiger partial charge in [-0.3, -0.25) is 9.59 Å². The van der Waals surface area contributed by atoms with E-state index in [-0.39, 0.29) is 23.7 Å². The first-order valence-corrected chi connectivity index (χ1v) is 9.07. The fourth-order valence-corrected chi connectivity index (χ4v) is 3.20. The third-order valence-corrected chi connectivity index (χ3v) is 4.83. The lowest BCUT2D eigenvalue weighted by Crippen LogP contribution is -2.46. The SMILES string of the molecule is CN(C)c1cccc(C(=O)N2CCC(NC(=O)c3ccc(F)cc3)CC2)c1. The highest BCUT2D eigenvalue weighted by Crippen LogP contribution is 2.18. The first-order valence-electron chi connectivity index (χ1n) is 9.07. The fraction of sp³-hybridized carbons (Fsp3) is 0.333. The Balaban J connectivity index is 1.55. The number of nitrogens with one attached hydrogen (secondary N) is 1.